The highest BCUT2D eigenvalue weighted by Crippen LogP contribution is 2.60. The normalized spacial score (nSPS) is 20.6. The smallest absolute Gasteiger partial charge is 0.355 e. The lowest BCUT2D eigenvalue weighted by Gasteiger charge is -2.17. The van der Waals surface area contributed by atoms with E-state index < -0.39 is 5.97 Å². The van der Waals surface area contributed by atoms with Crippen LogP contribution in [0.1, 0.15) is 54.1 Å². The van der Waals surface area contributed by atoms with Crippen molar-refractivity contribution >= 4 is 23.3 Å². The Kier molecular flexibility index (Phi) is 3.61. The van der Waals surface area contributed by atoms with Crippen LogP contribution < -0.4 is 10.6 Å². The molecule has 7 heteroatoms. The summed E-state index contributed by atoms with van der Waals surface area (Å²) in [5, 5.41) is 16.7. The van der Waals surface area contributed by atoms with Gasteiger partial charge in [-0.3, -0.25) is 0 Å². The number of nitrogens with zero attached hydrogens (tertiary/aromatic N) is 1. The summed E-state index contributed by atoms with van der Waals surface area (Å²) in [4.78, 5) is 26.7. The zero-order valence-corrected chi connectivity index (χ0v) is 12.7. The SMILES string of the molecule is CC(NC(=O)NCC1(C2CC2)CC1)c1nc(C(=O)O)cs1. The molecule has 2 aliphatic rings. The van der Waals surface area contributed by atoms with Gasteiger partial charge in [0.25, 0.3) is 0 Å². The maximum atomic E-state index is 11.9. The van der Waals surface area contributed by atoms with Crippen LogP contribution in [0.25, 0.3) is 0 Å². The van der Waals surface area contributed by atoms with Crippen molar-refractivity contribution in [3.8, 4) is 0 Å². The Hall–Kier alpha value is -1.63. The molecule has 114 valence electrons. The monoisotopic (exact) mass is 309 g/mol. The van der Waals surface area contributed by atoms with E-state index >= 15 is 0 Å². The molecule has 1 heterocycles. The molecule has 1 atom stereocenters. The van der Waals surface area contributed by atoms with Crippen LogP contribution in [0, 0.1) is 11.3 Å². The molecule has 3 rings (SSSR count). The standard InChI is InChI=1S/C14H19N3O3S/c1-8(11-17-10(6-21-11)12(18)19)16-13(20)15-7-14(4-5-14)9-2-3-9/h6,8-9H,2-5,7H2,1H3,(H,18,19)(H2,15,16,20). The quantitative estimate of drug-likeness (QED) is 0.752. The number of aromatic carboxylic acids is 1. The third-order valence-electron chi connectivity index (χ3n) is 4.40. The predicted octanol–water partition coefficient (Wildman–Crippen LogP) is 2.39. The van der Waals surface area contributed by atoms with Gasteiger partial charge < -0.3 is 15.7 Å². The molecular weight excluding hydrogens is 290 g/mol. The van der Waals surface area contributed by atoms with Crippen LogP contribution in [0.4, 0.5) is 4.79 Å². The fourth-order valence-corrected chi connectivity index (χ4v) is 3.54. The minimum absolute atomic E-state index is 0.0229. The lowest BCUT2D eigenvalue weighted by atomic mass is 10.0. The zero-order chi connectivity index (χ0) is 15.0. The molecule has 1 unspecified atom stereocenters. The summed E-state index contributed by atoms with van der Waals surface area (Å²) in [6.07, 6.45) is 5.05. The minimum Gasteiger partial charge on any atom is -0.476 e. The molecule has 2 saturated carbocycles. The van der Waals surface area contributed by atoms with Crippen molar-refractivity contribution in [2.24, 2.45) is 11.3 Å². The van der Waals surface area contributed by atoms with Gasteiger partial charge in [-0.15, -0.1) is 11.3 Å². The second kappa shape index (κ2) is 5.29. The molecule has 0 aromatic carbocycles. The summed E-state index contributed by atoms with van der Waals surface area (Å²) < 4.78 is 0. The highest BCUT2D eigenvalue weighted by atomic mass is 32.1. The molecule has 2 aliphatic carbocycles. The second-order valence-electron chi connectivity index (χ2n) is 6.06. The number of thiazole rings is 1. The lowest BCUT2D eigenvalue weighted by Crippen LogP contribution is -2.40. The molecule has 0 radical (unpaired) electrons. The van der Waals surface area contributed by atoms with E-state index in [1.165, 1.54) is 42.4 Å². The minimum atomic E-state index is -1.05. The van der Waals surface area contributed by atoms with E-state index in [0.717, 1.165) is 12.5 Å². The molecule has 0 spiro atoms. The number of carboxylic acid groups (broad SMARTS) is 1. The number of amides is 2. The molecule has 1 aromatic rings. The van der Waals surface area contributed by atoms with Crippen LogP contribution in [0.15, 0.2) is 5.38 Å². The molecule has 21 heavy (non-hydrogen) atoms. The number of carboxylic acids is 1. The number of carbonyl (C=O) groups is 2. The highest BCUT2D eigenvalue weighted by Gasteiger charge is 2.53. The van der Waals surface area contributed by atoms with Crippen molar-refractivity contribution in [1.82, 2.24) is 15.6 Å². The molecule has 2 amide bonds. The lowest BCUT2D eigenvalue weighted by molar-refractivity contribution is 0.0691. The van der Waals surface area contributed by atoms with Gasteiger partial charge in [-0.1, -0.05) is 0 Å². The highest BCUT2D eigenvalue weighted by molar-refractivity contribution is 7.09. The number of hydrogen-bond acceptors (Lipinski definition) is 4. The number of rotatable bonds is 6. The van der Waals surface area contributed by atoms with Crippen LogP contribution in [0.2, 0.25) is 0 Å². The van der Waals surface area contributed by atoms with Gasteiger partial charge >= 0.3 is 12.0 Å². The Labute approximate surface area is 127 Å². The first-order chi connectivity index (χ1) is 10.00. The van der Waals surface area contributed by atoms with Crippen molar-refractivity contribution in [2.75, 3.05) is 6.54 Å². The fraction of sp³-hybridized carbons (Fsp3) is 0.643. The van der Waals surface area contributed by atoms with Gasteiger partial charge in [0.05, 0.1) is 6.04 Å². The molecule has 6 nitrogen and oxygen atoms in total. The number of nitrogens with one attached hydrogen (secondary N) is 2. The summed E-state index contributed by atoms with van der Waals surface area (Å²) in [7, 11) is 0. The molecule has 1 aromatic heterocycles. The van der Waals surface area contributed by atoms with Crippen LogP contribution in [0.5, 0.6) is 0 Å². The number of urea groups is 1. The van der Waals surface area contributed by atoms with Gasteiger partial charge in [0.2, 0.25) is 0 Å². The summed E-state index contributed by atoms with van der Waals surface area (Å²) in [6, 6.07) is -0.499. The molecule has 0 aliphatic heterocycles. The Morgan fingerprint density at radius 1 is 1.52 bits per heavy atom. The van der Waals surface area contributed by atoms with E-state index in [1.54, 1.807) is 6.92 Å². The topological polar surface area (TPSA) is 91.3 Å². The van der Waals surface area contributed by atoms with Gasteiger partial charge in [-0.25, -0.2) is 14.6 Å². The predicted molar refractivity (Wildman–Crippen MR) is 78.4 cm³/mol. The van der Waals surface area contributed by atoms with Crippen molar-refractivity contribution in [2.45, 2.75) is 38.6 Å². The summed E-state index contributed by atoms with van der Waals surface area (Å²) in [5.41, 5.74) is 0.396. The first kappa shape index (κ1) is 14.3. The van der Waals surface area contributed by atoms with Crippen molar-refractivity contribution in [1.29, 1.82) is 0 Å². The van der Waals surface area contributed by atoms with E-state index in [1.807, 2.05) is 0 Å². The first-order valence-corrected chi connectivity index (χ1v) is 8.11. The fourth-order valence-electron chi connectivity index (χ4n) is 2.74. The van der Waals surface area contributed by atoms with E-state index in [2.05, 4.69) is 15.6 Å². The van der Waals surface area contributed by atoms with Gasteiger partial charge in [0.15, 0.2) is 5.69 Å². The van der Waals surface area contributed by atoms with Gasteiger partial charge in [-0.05, 0) is 43.9 Å². The molecule has 3 N–H and O–H groups in total. The molecule has 2 fully saturated rings. The number of hydrogen-bond donors (Lipinski definition) is 3. The first-order valence-electron chi connectivity index (χ1n) is 7.23. The van der Waals surface area contributed by atoms with Gasteiger partial charge in [0.1, 0.15) is 5.01 Å². The Balaban J connectivity index is 1.48. The molecule has 0 bridgehead atoms. The maximum Gasteiger partial charge on any atom is 0.355 e. The third kappa shape index (κ3) is 3.18. The van der Waals surface area contributed by atoms with Crippen molar-refractivity contribution in [3.05, 3.63) is 16.1 Å². The Morgan fingerprint density at radius 3 is 2.76 bits per heavy atom. The van der Waals surface area contributed by atoms with Gasteiger partial charge in [-0.2, -0.15) is 0 Å². The van der Waals surface area contributed by atoms with E-state index in [-0.39, 0.29) is 17.8 Å². The largest absolute Gasteiger partial charge is 0.476 e. The zero-order valence-electron chi connectivity index (χ0n) is 11.9. The second-order valence-corrected chi connectivity index (χ2v) is 6.95. The average Bonchev–Trinajstić information content (AvgIpc) is 3.34. The van der Waals surface area contributed by atoms with E-state index in [9.17, 15) is 9.59 Å². The summed E-state index contributed by atoms with van der Waals surface area (Å²) >= 11 is 1.24. The van der Waals surface area contributed by atoms with Gasteiger partial charge in [0, 0.05) is 11.9 Å². The Morgan fingerprint density at radius 2 is 2.24 bits per heavy atom. The average molecular weight is 309 g/mol. The van der Waals surface area contributed by atoms with Crippen LogP contribution >= 0.6 is 11.3 Å². The molecule has 0 saturated heterocycles. The molecular formula is C14H19N3O3S. The Bertz CT molecular complexity index is 564. The van der Waals surface area contributed by atoms with E-state index in [4.69, 9.17) is 5.11 Å². The third-order valence-corrected chi connectivity index (χ3v) is 5.42. The van der Waals surface area contributed by atoms with Crippen LogP contribution in [-0.4, -0.2) is 28.6 Å². The van der Waals surface area contributed by atoms with Crippen LogP contribution in [-0.2, 0) is 0 Å². The number of carbonyl (C=O) groups excluding carboxylic acids is 1. The van der Waals surface area contributed by atoms with Crippen molar-refractivity contribution in [3.63, 3.8) is 0 Å². The summed E-state index contributed by atoms with van der Waals surface area (Å²) in [5.74, 6) is -0.235. The van der Waals surface area contributed by atoms with E-state index in [0.29, 0.717) is 10.4 Å². The van der Waals surface area contributed by atoms with Crippen LogP contribution in [0.3, 0.4) is 0 Å². The number of aromatic nitrogens is 1. The summed E-state index contributed by atoms with van der Waals surface area (Å²) in [6.45, 7) is 2.55. The van der Waals surface area contributed by atoms with Crippen molar-refractivity contribution < 1.29 is 14.7 Å². The maximum absolute atomic E-state index is 11.9.